The standard InChI is InChI=1S/C24H31N7O3/c1-24(34-16-18-6-5-13-31(18)2)9-12-27-23(30-24)29-22(32)19-7-4-10-26-21(19)28-15-17-8-11-25-20(14-17)33-3/h4,7-12,14,18H,5-6,13,15-16H2,1-3H3,(H,26,28)(H2,27,29,30,32). The van der Waals surface area contributed by atoms with Crippen LogP contribution >= 0.6 is 0 Å². The van der Waals surface area contributed by atoms with E-state index in [2.05, 4.69) is 42.9 Å². The minimum atomic E-state index is -0.853. The van der Waals surface area contributed by atoms with Gasteiger partial charge in [0.05, 0.1) is 19.3 Å². The van der Waals surface area contributed by atoms with Gasteiger partial charge in [-0.05, 0) is 63.2 Å². The number of nitrogens with zero attached hydrogens (tertiary/aromatic N) is 4. The topological polar surface area (TPSA) is 113 Å². The molecule has 2 atom stereocenters. The molecular formula is C24H31N7O3. The first-order valence-electron chi connectivity index (χ1n) is 11.3. The zero-order chi connectivity index (χ0) is 24.0. The lowest BCUT2D eigenvalue weighted by Crippen LogP contribution is -2.45. The molecule has 1 saturated heterocycles. The Labute approximate surface area is 199 Å². The Morgan fingerprint density at radius 3 is 3.00 bits per heavy atom. The van der Waals surface area contributed by atoms with Gasteiger partial charge in [0.25, 0.3) is 5.91 Å². The van der Waals surface area contributed by atoms with Gasteiger partial charge in [0.2, 0.25) is 11.8 Å². The summed E-state index contributed by atoms with van der Waals surface area (Å²) in [5, 5.41) is 9.03. The Hall–Kier alpha value is -3.50. The Bertz CT molecular complexity index is 1070. The monoisotopic (exact) mass is 465 g/mol. The van der Waals surface area contributed by atoms with E-state index >= 15 is 0 Å². The summed E-state index contributed by atoms with van der Waals surface area (Å²) in [4.78, 5) is 28.4. The van der Waals surface area contributed by atoms with Crippen LogP contribution < -0.4 is 20.7 Å². The molecule has 2 aliphatic heterocycles. The van der Waals surface area contributed by atoms with Crippen molar-refractivity contribution in [2.24, 2.45) is 4.99 Å². The predicted octanol–water partition coefficient (Wildman–Crippen LogP) is 2.13. The molecule has 3 N–H and O–H groups in total. The van der Waals surface area contributed by atoms with Crippen molar-refractivity contribution in [3.63, 3.8) is 0 Å². The van der Waals surface area contributed by atoms with Crippen molar-refractivity contribution in [1.82, 2.24) is 25.5 Å². The minimum Gasteiger partial charge on any atom is -0.481 e. The van der Waals surface area contributed by atoms with E-state index in [-0.39, 0.29) is 5.91 Å². The second-order valence-electron chi connectivity index (χ2n) is 8.49. The number of hydrogen-bond acceptors (Lipinski definition) is 9. The number of likely N-dealkylation sites (N-methyl/N-ethyl adjacent to an activating group) is 1. The van der Waals surface area contributed by atoms with Crippen LogP contribution in [0, 0.1) is 0 Å². The second-order valence-corrected chi connectivity index (χ2v) is 8.49. The van der Waals surface area contributed by atoms with Crippen molar-refractivity contribution in [3.05, 3.63) is 60.1 Å². The molecule has 2 unspecified atom stereocenters. The Morgan fingerprint density at radius 1 is 1.32 bits per heavy atom. The summed E-state index contributed by atoms with van der Waals surface area (Å²) < 4.78 is 11.3. The van der Waals surface area contributed by atoms with Gasteiger partial charge in [0.15, 0.2) is 5.72 Å². The van der Waals surface area contributed by atoms with Crippen LogP contribution in [0.5, 0.6) is 5.88 Å². The molecule has 1 amide bonds. The molecule has 4 heterocycles. The highest BCUT2D eigenvalue weighted by molar-refractivity contribution is 6.08. The zero-order valence-electron chi connectivity index (χ0n) is 19.7. The molecule has 180 valence electrons. The average Bonchev–Trinajstić information content (AvgIpc) is 3.26. The highest BCUT2D eigenvalue weighted by Crippen LogP contribution is 2.22. The van der Waals surface area contributed by atoms with Crippen molar-refractivity contribution < 1.29 is 14.3 Å². The number of pyridine rings is 2. The van der Waals surface area contributed by atoms with Gasteiger partial charge < -0.3 is 25.0 Å². The molecule has 34 heavy (non-hydrogen) atoms. The minimum absolute atomic E-state index is 0.323. The van der Waals surface area contributed by atoms with Crippen LogP contribution in [0.3, 0.4) is 0 Å². The van der Waals surface area contributed by atoms with Gasteiger partial charge in [-0.25, -0.2) is 15.0 Å². The summed E-state index contributed by atoms with van der Waals surface area (Å²) in [7, 11) is 3.68. The summed E-state index contributed by atoms with van der Waals surface area (Å²) in [5.74, 6) is 0.981. The number of anilines is 1. The lowest BCUT2D eigenvalue weighted by molar-refractivity contribution is -0.0134. The van der Waals surface area contributed by atoms with Gasteiger partial charge in [-0.1, -0.05) is 0 Å². The zero-order valence-corrected chi connectivity index (χ0v) is 19.7. The van der Waals surface area contributed by atoms with E-state index in [0.29, 0.717) is 42.4 Å². The van der Waals surface area contributed by atoms with E-state index in [1.165, 1.54) is 6.42 Å². The maximum Gasteiger partial charge on any atom is 0.261 e. The van der Waals surface area contributed by atoms with Crippen molar-refractivity contribution in [2.75, 3.05) is 32.6 Å². The Morgan fingerprint density at radius 2 is 2.21 bits per heavy atom. The molecular weight excluding hydrogens is 434 g/mol. The number of methoxy groups -OCH3 is 1. The lowest BCUT2D eigenvalue weighted by atomic mass is 10.2. The van der Waals surface area contributed by atoms with Gasteiger partial charge in [-0.15, -0.1) is 0 Å². The molecule has 0 aromatic carbocycles. The second kappa shape index (κ2) is 10.6. The Kier molecular flexibility index (Phi) is 7.39. The fourth-order valence-electron chi connectivity index (χ4n) is 3.93. The van der Waals surface area contributed by atoms with Gasteiger partial charge in [0.1, 0.15) is 5.82 Å². The molecule has 0 spiro atoms. The number of aliphatic imine (C=N–C) groups is 1. The van der Waals surface area contributed by atoms with Crippen molar-refractivity contribution in [2.45, 2.75) is 38.1 Å². The third-order valence-corrected chi connectivity index (χ3v) is 5.94. The molecule has 10 nitrogen and oxygen atoms in total. The van der Waals surface area contributed by atoms with Crippen molar-refractivity contribution >= 4 is 17.7 Å². The molecule has 0 bridgehead atoms. The molecule has 10 heteroatoms. The third-order valence-electron chi connectivity index (χ3n) is 5.94. The van der Waals surface area contributed by atoms with Gasteiger partial charge in [-0.3, -0.25) is 10.1 Å². The van der Waals surface area contributed by atoms with E-state index in [4.69, 9.17) is 9.47 Å². The summed E-state index contributed by atoms with van der Waals surface area (Å²) in [6, 6.07) is 7.51. The quantitative estimate of drug-likeness (QED) is 0.544. The Balaban J connectivity index is 1.40. The van der Waals surface area contributed by atoms with Crippen LogP contribution in [0.2, 0.25) is 0 Å². The number of guanidine groups is 1. The smallest absolute Gasteiger partial charge is 0.261 e. The first-order valence-corrected chi connectivity index (χ1v) is 11.3. The van der Waals surface area contributed by atoms with E-state index in [0.717, 1.165) is 18.5 Å². The van der Waals surface area contributed by atoms with Crippen LogP contribution in [-0.4, -0.2) is 65.8 Å². The molecule has 2 aromatic heterocycles. The number of ether oxygens (including phenoxy) is 2. The summed E-state index contributed by atoms with van der Waals surface area (Å²) in [5.41, 5.74) is 0.499. The normalized spacial score (nSPS) is 22.1. The molecule has 0 aliphatic carbocycles. The molecule has 0 saturated carbocycles. The number of rotatable bonds is 8. The molecule has 1 fully saturated rings. The largest absolute Gasteiger partial charge is 0.481 e. The fourth-order valence-corrected chi connectivity index (χ4v) is 3.93. The van der Waals surface area contributed by atoms with Crippen molar-refractivity contribution in [3.8, 4) is 5.88 Å². The van der Waals surface area contributed by atoms with Crippen LogP contribution in [0.1, 0.15) is 35.7 Å². The van der Waals surface area contributed by atoms with E-state index < -0.39 is 5.72 Å². The first-order chi connectivity index (χ1) is 16.5. The third kappa shape index (κ3) is 5.89. The number of nitrogens with one attached hydrogen (secondary N) is 3. The summed E-state index contributed by atoms with van der Waals surface area (Å²) in [6.07, 6.45) is 9.19. The number of aromatic nitrogens is 2. The average molecular weight is 466 g/mol. The van der Waals surface area contributed by atoms with E-state index in [1.54, 1.807) is 37.8 Å². The number of carbonyl (C=O) groups excluding carboxylic acids is 1. The SMILES string of the molecule is COc1cc(CNc2ncccc2C(=O)NC2=NC(C)(OCC3CCCN3C)C=CN2)ccn1. The van der Waals surface area contributed by atoms with Gasteiger partial charge >= 0.3 is 0 Å². The van der Waals surface area contributed by atoms with Crippen LogP contribution in [0.15, 0.2) is 53.9 Å². The van der Waals surface area contributed by atoms with Crippen molar-refractivity contribution in [1.29, 1.82) is 0 Å². The number of hydrogen-bond donors (Lipinski definition) is 3. The van der Waals surface area contributed by atoms with Crippen LogP contribution in [0.25, 0.3) is 0 Å². The lowest BCUT2D eigenvalue weighted by Gasteiger charge is -2.29. The highest BCUT2D eigenvalue weighted by atomic mass is 16.5. The van der Waals surface area contributed by atoms with Crippen LogP contribution in [-0.2, 0) is 11.3 Å². The fraction of sp³-hybridized carbons (Fsp3) is 0.417. The highest BCUT2D eigenvalue weighted by Gasteiger charge is 2.29. The van der Waals surface area contributed by atoms with Gasteiger partial charge in [-0.2, -0.15) is 0 Å². The first kappa shape index (κ1) is 23.7. The summed E-state index contributed by atoms with van der Waals surface area (Å²) >= 11 is 0. The number of likely N-dealkylation sites (tertiary alicyclic amines) is 1. The predicted molar refractivity (Wildman–Crippen MR) is 130 cm³/mol. The van der Waals surface area contributed by atoms with Crippen LogP contribution in [0.4, 0.5) is 5.82 Å². The van der Waals surface area contributed by atoms with Gasteiger partial charge in [0, 0.05) is 37.2 Å². The maximum atomic E-state index is 13.1. The number of carbonyl (C=O) groups is 1. The van der Waals surface area contributed by atoms with E-state index in [1.807, 2.05) is 25.1 Å². The molecule has 2 aliphatic rings. The number of amides is 1. The summed E-state index contributed by atoms with van der Waals surface area (Å²) in [6.45, 7) is 4.01. The molecule has 0 radical (unpaired) electrons. The molecule has 2 aromatic rings. The molecule has 4 rings (SSSR count). The van der Waals surface area contributed by atoms with E-state index in [9.17, 15) is 4.79 Å². The maximum absolute atomic E-state index is 13.1.